The number of hydrogen-bond acceptors (Lipinski definition) is 5. The summed E-state index contributed by atoms with van der Waals surface area (Å²) in [7, 11) is 0. The molecule has 0 aliphatic carbocycles. The van der Waals surface area contributed by atoms with Gasteiger partial charge in [-0.15, -0.1) is 0 Å². The van der Waals surface area contributed by atoms with Crippen LogP contribution in [-0.4, -0.2) is 10.9 Å². The van der Waals surface area contributed by atoms with E-state index in [1.165, 1.54) is 24.3 Å². The molecular weight excluding hydrogens is 260 g/mol. The van der Waals surface area contributed by atoms with Crippen molar-refractivity contribution >= 4 is 11.7 Å². The lowest BCUT2D eigenvalue weighted by molar-refractivity contribution is -0.384. The van der Waals surface area contributed by atoms with Crippen molar-refractivity contribution in [1.82, 2.24) is 6.15 Å². The molecule has 20 heavy (non-hydrogen) atoms. The van der Waals surface area contributed by atoms with Gasteiger partial charge in [0.2, 0.25) is 0 Å². The van der Waals surface area contributed by atoms with Crippen LogP contribution in [0.3, 0.4) is 0 Å². The molecule has 0 aliphatic rings. The summed E-state index contributed by atoms with van der Waals surface area (Å²) in [4.78, 5) is 21.3. The summed E-state index contributed by atoms with van der Waals surface area (Å²) in [6, 6.07) is 5.48. The van der Waals surface area contributed by atoms with Crippen molar-refractivity contribution in [3.8, 4) is 5.75 Å². The number of carbonyl (C=O) groups excluding carboxylic acids is 1. The van der Waals surface area contributed by atoms with Crippen LogP contribution in [0, 0.1) is 10.1 Å². The number of rotatable bonds is 6. The third kappa shape index (κ3) is 8.20. The molecule has 114 valence electrons. The smallest absolute Gasteiger partial charge is 0.311 e. The van der Waals surface area contributed by atoms with Crippen molar-refractivity contribution in [2.45, 2.75) is 46.5 Å². The Morgan fingerprint density at radius 2 is 1.75 bits per heavy atom. The third-order valence-corrected chi connectivity index (χ3v) is 2.26. The zero-order chi connectivity index (χ0) is 14.7. The van der Waals surface area contributed by atoms with Crippen LogP contribution in [0.2, 0.25) is 0 Å². The maximum absolute atomic E-state index is 11.3. The molecule has 0 aromatic heterocycles. The number of non-ortho nitro benzene ring substituents is 1. The standard InChI is InChI=1S/C12H15NO4.C2H6.H3N/c1-2-3-4-5-12(14)17-11-8-6-10(7-9-11)13(15)16;1-2;/h6-9H,2-5H2,1H3;1-2H3;1H3. The molecule has 6 heteroatoms. The van der Waals surface area contributed by atoms with Gasteiger partial charge in [-0.25, -0.2) is 0 Å². The summed E-state index contributed by atoms with van der Waals surface area (Å²) in [6.45, 7) is 6.06. The Hall–Kier alpha value is -1.95. The first-order chi connectivity index (χ1) is 9.13. The summed E-state index contributed by atoms with van der Waals surface area (Å²) in [5.74, 6) is 0.0457. The van der Waals surface area contributed by atoms with Crippen molar-refractivity contribution in [3.63, 3.8) is 0 Å². The van der Waals surface area contributed by atoms with Crippen LogP contribution in [0.5, 0.6) is 5.75 Å². The van der Waals surface area contributed by atoms with E-state index in [2.05, 4.69) is 6.92 Å². The molecule has 0 fully saturated rings. The monoisotopic (exact) mass is 284 g/mol. The number of unbranched alkanes of at least 4 members (excludes halogenated alkanes) is 2. The fourth-order valence-electron chi connectivity index (χ4n) is 1.34. The Labute approximate surface area is 119 Å². The molecule has 0 aliphatic heterocycles. The van der Waals surface area contributed by atoms with Crippen LogP contribution in [0.1, 0.15) is 46.5 Å². The Morgan fingerprint density at radius 1 is 1.20 bits per heavy atom. The van der Waals surface area contributed by atoms with Crippen LogP contribution in [0.4, 0.5) is 5.69 Å². The Morgan fingerprint density at radius 3 is 2.20 bits per heavy atom. The van der Waals surface area contributed by atoms with E-state index < -0.39 is 4.92 Å². The minimum atomic E-state index is -0.493. The second-order valence-electron chi connectivity index (χ2n) is 3.68. The molecule has 1 aromatic carbocycles. The van der Waals surface area contributed by atoms with Gasteiger partial charge < -0.3 is 10.9 Å². The summed E-state index contributed by atoms with van der Waals surface area (Å²) >= 11 is 0. The SMILES string of the molecule is CC.CCCCCC(=O)Oc1ccc([N+](=O)[O-])cc1.N. The lowest BCUT2D eigenvalue weighted by atomic mass is 10.2. The summed E-state index contributed by atoms with van der Waals surface area (Å²) < 4.78 is 5.03. The first-order valence-electron chi connectivity index (χ1n) is 6.58. The highest BCUT2D eigenvalue weighted by Gasteiger charge is 2.07. The van der Waals surface area contributed by atoms with Crippen LogP contribution in [-0.2, 0) is 4.79 Å². The first-order valence-corrected chi connectivity index (χ1v) is 6.58. The Bertz CT molecular complexity index is 391. The molecule has 0 bridgehead atoms. The molecule has 0 saturated carbocycles. The highest BCUT2D eigenvalue weighted by molar-refractivity contribution is 5.72. The van der Waals surface area contributed by atoms with Gasteiger partial charge in [-0.05, 0) is 18.6 Å². The second-order valence-corrected chi connectivity index (χ2v) is 3.68. The maximum Gasteiger partial charge on any atom is 0.311 e. The molecule has 0 unspecified atom stereocenters. The predicted molar refractivity (Wildman–Crippen MR) is 79.2 cm³/mol. The molecule has 0 spiro atoms. The van der Waals surface area contributed by atoms with Crippen LogP contribution < -0.4 is 10.9 Å². The molecule has 0 heterocycles. The van der Waals surface area contributed by atoms with Gasteiger partial charge in [-0.1, -0.05) is 33.6 Å². The van der Waals surface area contributed by atoms with E-state index in [4.69, 9.17) is 4.74 Å². The van der Waals surface area contributed by atoms with Crippen LogP contribution >= 0.6 is 0 Å². The third-order valence-electron chi connectivity index (χ3n) is 2.26. The van der Waals surface area contributed by atoms with Crippen molar-refractivity contribution in [3.05, 3.63) is 34.4 Å². The minimum absolute atomic E-state index is 0. The quantitative estimate of drug-likeness (QED) is 0.276. The van der Waals surface area contributed by atoms with Gasteiger partial charge in [0.05, 0.1) is 4.92 Å². The lowest BCUT2D eigenvalue weighted by Gasteiger charge is -2.03. The summed E-state index contributed by atoms with van der Waals surface area (Å²) in [6.07, 6.45) is 3.23. The highest BCUT2D eigenvalue weighted by atomic mass is 16.6. The first kappa shape index (κ1) is 20.4. The van der Waals surface area contributed by atoms with Crippen molar-refractivity contribution < 1.29 is 14.5 Å². The van der Waals surface area contributed by atoms with E-state index in [-0.39, 0.29) is 17.8 Å². The molecule has 0 radical (unpaired) electrons. The fourth-order valence-corrected chi connectivity index (χ4v) is 1.34. The Kier molecular flexibility index (Phi) is 12.3. The molecule has 3 N–H and O–H groups in total. The number of carbonyl (C=O) groups is 1. The molecule has 1 rings (SSSR count). The maximum atomic E-state index is 11.3. The lowest BCUT2D eigenvalue weighted by Crippen LogP contribution is -2.07. The average molecular weight is 284 g/mol. The van der Waals surface area contributed by atoms with Gasteiger partial charge >= 0.3 is 5.97 Å². The molecule has 0 saturated heterocycles. The zero-order valence-electron chi connectivity index (χ0n) is 12.4. The number of esters is 1. The van der Waals surface area contributed by atoms with Crippen LogP contribution in [0.15, 0.2) is 24.3 Å². The average Bonchev–Trinajstić information content (AvgIpc) is 2.42. The van der Waals surface area contributed by atoms with E-state index in [1.807, 2.05) is 13.8 Å². The summed E-state index contributed by atoms with van der Waals surface area (Å²) in [5, 5.41) is 10.4. The Balaban J connectivity index is 0. The van der Waals surface area contributed by atoms with E-state index in [0.717, 1.165) is 19.3 Å². The van der Waals surface area contributed by atoms with E-state index in [0.29, 0.717) is 12.2 Å². The number of nitro benzene ring substituents is 1. The topological polar surface area (TPSA) is 104 Å². The zero-order valence-corrected chi connectivity index (χ0v) is 12.4. The second kappa shape index (κ2) is 12.1. The van der Waals surface area contributed by atoms with Crippen molar-refractivity contribution in [2.24, 2.45) is 0 Å². The van der Waals surface area contributed by atoms with Gasteiger partial charge in [0, 0.05) is 18.6 Å². The van der Waals surface area contributed by atoms with Crippen LogP contribution in [0.25, 0.3) is 0 Å². The van der Waals surface area contributed by atoms with Gasteiger partial charge in [0.25, 0.3) is 5.69 Å². The van der Waals surface area contributed by atoms with E-state index in [9.17, 15) is 14.9 Å². The van der Waals surface area contributed by atoms with Gasteiger partial charge in [-0.2, -0.15) is 0 Å². The molecule has 1 aromatic rings. The minimum Gasteiger partial charge on any atom is -0.427 e. The molecule has 0 atom stereocenters. The van der Waals surface area contributed by atoms with E-state index in [1.54, 1.807) is 0 Å². The van der Waals surface area contributed by atoms with Gasteiger partial charge in [0.1, 0.15) is 5.75 Å². The number of ether oxygens (including phenoxy) is 1. The fraction of sp³-hybridized carbons (Fsp3) is 0.500. The molecule has 6 nitrogen and oxygen atoms in total. The molecular formula is C14H24N2O4. The van der Waals surface area contributed by atoms with Crippen molar-refractivity contribution in [2.75, 3.05) is 0 Å². The van der Waals surface area contributed by atoms with Gasteiger partial charge in [0.15, 0.2) is 0 Å². The largest absolute Gasteiger partial charge is 0.427 e. The predicted octanol–water partition coefficient (Wildman–Crippen LogP) is 4.27. The number of hydrogen-bond donors (Lipinski definition) is 1. The van der Waals surface area contributed by atoms with Crippen molar-refractivity contribution in [1.29, 1.82) is 0 Å². The molecule has 0 amide bonds. The highest BCUT2D eigenvalue weighted by Crippen LogP contribution is 2.17. The van der Waals surface area contributed by atoms with Gasteiger partial charge in [-0.3, -0.25) is 14.9 Å². The number of nitro groups is 1. The summed E-state index contributed by atoms with van der Waals surface area (Å²) in [5.41, 5.74) is -0.0178. The normalized spacial score (nSPS) is 8.75. The number of benzene rings is 1. The number of nitrogens with zero attached hydrogens (tertiary/aromatic N) is 1. The van der Waals surface area contributed by atoms with E-state index >= 15 is 0 Å².